The Morgan fingerprint density at radius 1 is 1.44 bits per heavy atom. The Morgan fingerprint density at radius 2 is 2.11 bits per heavy atom. The van der Waals surface area contributed by atoms with Gasteiger partial charge in [0.25, 0.3) is 0 Å². The molecular weight excluding hydrogens is 246 g/mol. The molecule has 2 rings (SSSR count). The first kappa shape index (κ1) is 14.0. The van der Waals surface area contributed by atoms with Crippen molar-refractivity contribution < 1.29 is 9.84 Å². The van der Waals surface area contributed by atoms with Crippen LogP contribution in [0.1, 0.15) is 44.3 Å². The SMILES string of the molecule is COCC(O)(Cc1nc(C(C)(C)C)cs1)C1CC1. The lowest BCUT2D eigenvalue weighted by atomic mass is 9.93. The first-order chi connectivity index (χ1) is 8.35. The van der Waals surface area contributed by atoms with Crippen LogP contribution in [0, 0.1) is 5.92 Å². The average molecular weight is 269 g/mol. The standard InChI is InChI=1S/C14H23NO2S/c1-13(2,3)11-8-18-12(15-11)7-14(16,9-17-4)10-5-6-10/h8,10,16H,5-7,9H2,1-4H3. The van der Waals surface area contributed by atoms with E-state index in [0.29, 0.717) is 18.9 Å². The van der Waals surface area contributed by atoms with Gasteiger partial charge >= 0.3 is 0 Å². The van der Waals surface area contributed by atoms with E-state index in [2.05, 4.69) is 31.1 Å². The Morgan fingerprint density at radius 3 is 2.56 bits per heavy atom. The number of rotatable bonds is 5. The molecule has 1 aliphatic carbocycles. The minimum atomic E-state index is -0.720. The number of hydrogen-bond acceptors (Lipinski definition) is 4. The molecule has 1 heterocycles. The molecule has 1 saturated carbocycles. The monoisotopic (exact) mass is 269 g/mol. The molecule has 1 aliphatic rings. The first-order valence-electron chi connectivity index (χ1n) is 6.51. The molecule has 3 nitrogen and oxygen atoms in total. The molecule has 0 amide bonds. The van der Waals surface area contributed by atoms with E-state index in [1.807, 2.05) is 0 Å². The Hall–Kier alpha value is -0.450. The lowest BCUT2D eigenvalue weighted by molar-refractivity contribution is -0.0474. The second-order valence-corrected chi connectivity index (χ2v) is 7.31. The van der Waals surface area contributed by atoms with E-state index in [-0.39, 0.29) is 5.41 Å². The van der Waals surface area contributed by atoms with Crippen LogP contribution in [0.15, 0.2) is 5.38 Å². The summed E-state index contributed by atoms with van der Waals surface area (Å²) in [6, 6.07) is 0. The van der Waals surface area contributed by atoms with E-state index < -0.39 is 5.60 Å². The van der Waals surface area contributed by atoms with Crippen LogP contribution in [0.5, 0.6) is 0 Å². The summed E-state index contributed by atoms with van der Waals surface area (Å²) in [6.45, 7) is 6.89. The molecular formula is C14H23NO2S. The van der Waals surface area contributed by atoms with Crippen molar-refractivity contribution in [2.24, 2.45) is 5.92 Å². The van der Waals surface area contributed by atoms with E-state index in [9.17, 15) is 5.11 Å². The number of thiazole rings is 1. The average Bonchev–Trinajstić information content (AvgIpc) is 3.00. The molecule has 0 bridgehead atoms. The number of aromatic nitrogens is 1. The fourth-order valence-electron chi connectivity index (χ4n) is 2.18. The van der Waals surface area contributed by atoms with Crippen molar-refractivity contribution in [3.8, 4) is 0 Å². The fourth-order valence-corrected chi connectivity index (χ4v) is 3.32. The zero-order valence-electron chi connectivity index (χ0n) is 11.7. The van der Waals surface area contributed by atoms with Gasteiger partial charge in [-0.3, -0.25) is 0 Å². The number of aliphatic hydroxyl groups is 1. The van der Waals surface area contributed by atoms with Crippen molar-refractivity contribution in [3.05, 3.63) is 16.1 Å². The number of methoxy groups -OCH3 is 1. The van der Waals surface area contributed by atoms with Crippen molar-refractivity contribution in [1.82, 2.24) is 4.98 Å². The van der Waals surface area contributed by atoms with Gasteiger partial charge in [-0.2, -0.15) is 0 Å². The van der Waals surface area contributed by atoms with Crippen molar-refractivity contribution in [3.63, 3.8) is 0 Å². The van der Waals surface area contributed by atoms with E-state index in [1.54, 1.807) is 18.4 Å². The third-order valence-electron chi connectivity index (χ3n) is 3.51. The van der Waals surface area contributed by atoms with Crippen molar-refractivity contribution >= 4 is 11.3 Å². The molecule has 18 heavy (non-hydrogen) atoms. The van der Waals surface area contributed by atoms with E-state index >= 15 is 0 Å². The van der Waals surface area contributed by atoms with Gasteiger partial charge in [-0.05, 0) is 18.8 Å². The van der Waals surface area contributed by atoms with Crippen LogP contribution >= 0.6 is 11.3 Å². The normalized spacial score (nSPS) is 19.8. The van der Waals surface area contributed by atoms with Crippen LogP contribution in [0.4, 0.5) is 0 Å². The third kappa shape index (κ3) is 3.11. The predicted octanol–water partition coefficient (Wildman–Crippen LogP) is 2.77. The Labute approximate surface area is 113 Å². The second kappa shape index (κ2) is 4.91. The van der Waals surface area contributed by atoms with Crippen LogP contribution < -0.4 is 0 Å². The summed E-state index contributed by atoms with van der Waals surface area (Å²) in [5.41, 5.74) is 0.466. The largest absolute Gasteiger partial charge is 0.387 e. The van der Waals surface area contributed by atoms with Gasteiger partial charge in [0.2, 0.25) is 0 Å². The minimum absolute atomic E-state index is 0.0771. The van der Waals surface area contributed by atoms with Crippen LogP contribution in [-0.4, -0.2) is 29.4 Å². The number of ether oxygens (including phenoxy) is 1. The highest BCUT2D eigenvalue weighted by Gasteiger charge is 2.44. The maximum atomic E-state index is 10.7. The summed E-state index contributed by atoms with van der Waals surface area (Å²) in [5, 5.41) is 13.8. The smallest absolute Gasteiger partial charge is 0.0971 e. The molecule has 1 aromatic rings. The molecule has 1 atom stereocenters. The van der Waals surface area contributed by atoms with Crippen LogP contribution in [0.2, 0.25) is 0 Å². The zero-order valence-corrected chi connectivity index (χ0v) is 12.5. The predicted molar refractivity (Wildman–Crippen MR) is 74.1 cm³/mol. The van der Waals surface area contributed by atoms with Crippen LogP contribution in [0.3, 0.4) is 0 Å². The molecule has 1 unspecified atom stereocenters. The summed E-state index contributed by atoms with van der Waals surface area (Å²) in [4.78, 5) is 4.66. The Bertz CT molecular complexity index is 406. The van der Waals surface area contributed by atoms with E-state index in [4.69, 9.17) is 4.74 Å². The topological polar surface area (TPSA) is 42.4 Å². The van der Waals surface area contributed by atoms with Gasteiger partial charge < -0.3 is 9.84 Å². The molecule has 102 valence electrons. The first-order valence-corrected chi connectivity index (χ1v) is 7.39. The van der Waals surface area contributed by atoms with Crippen LogP contribution in [0.25, 0.3) is 0 Å². The lowest BCUT2D eigenvalue weighted by Gasteiger charge is -2.26. The maximum absolute atomic E-state index is 10.7. The highest BCUT2D eigenvalue weighted by molar-refractivity contribution is 7.09. The van der Waals surface area contributed by atoms with E-state index in [0.717, 1.165) is 23.5 Å². The van der Waals surface area contributed by atoms with Crippen LogP contribution in [-0.2, 0) is 16.6 Å². The zero-order chi connectivity index (χ0) is 13.4. The molecule has 1 fully saturated rings. The molecule has 1 N–H and O–H groups in total. The second-order valence-electron chi connectivity index (χ2n) is 6.36. The highest BCUT2D eigenvalue weighted by atomic mass is 32.1. The van der Waals surface area contributed by atoms with Gasteiger partial charge in [-0.15, -0.1) is 11.3 Å². The molecule has 0 spiro atoms. The fraction of sp³-hybridized carbons (Fsp3) is 0.786. The lowest BCUT2D eigenvalue weighted by Crippen LogP contribution is -2.39. The van der Waals surface area contributed by atoms with Gasteiger partial charge in [0.1, 0.15) is 0 Å². The molecule has 0 saturated heterocycles. The quantitative estimate of drug-likeness (QED) is 0.893. The van der Waals surface area contributed by atoms with Gasteiger partial charge in [0.05, 0.1) is 22.9 Å². The Balaban J connectivity index is 2.10. The summed E-state index contributed by atoms with van der Waals surface area (Å²) < 4.78 is 5.18. The highest BCUT2D eigenvalue weighted by Crippen LogP contribution is 2.42. The molecule has 1 aromatic heterocycles. The molecule has 4 heteroatoms. The van der Waals surface area contributed by atoms with Gasteiger partial charge in [-0.1, -0.05) is 20.8 Å². The molecule has 0 aliphatic heterocycles. The van der Waals surface area contributed by atoms with Gasteiger partial charge in [-0.25, -0.2) is 4.98 Å². The van der Waals surface area contributed by atoms with Gasteiger partial charge in [0, 0.05) is 24.3 Å². The Kier molecular flexibility index (Phi) is 3.81. The van der Waals surface area contributed by atoms with Crippen molar-refractivity contribution in [2.45, 2.75) is 51.0 Å². The third-order valence-corrected chi connectivity index (χ3v) is 4.36. The summed E-state index contributed by atoms with van der Waals surface area (Å²) in [7, 11) is 1.65. The van der Waals surface area contributed by atoms with Crippen molar-refractivity contribution in [1.29, 1.82) is 0 Å². The van der Waals surface area contributed by atoms with Crippen molar-refractivity contribution in [2.75, 3.05) is 13.7 Å². The summed E-state index contributed by atoms with van der Waals surface area (Å²) >= 11 is 1.65. The molecule has 0 aromatic carbocycles. The number of nitrogens with zero attached hydrogens (tertiary/aromatic N) is 1. The summed E-state index contributed by atoms with van der Waals surface area (Å²) in [5.74, 6) is 0.388. The van der Waals surface area contributed by atoms with Gasteiger partial charge in [0.15, 0.2) is 0 Å². The number of hydrogen-bond donors (Lipinski definition) is 1. The molecule has 0 radical (unpaired) electrons. The maximum Gasteiger partial charge on any atom is 0.0971 e. The minimum Gasteiger partial charge on any atom is -0.387 e. The van der Waals surface area contributed by atoms with E-state index in [1.165, 1.54) is 0 Å². The summed E-state index contributed by atoms with van der Waals surface area (Å²) in [6.07, 6.45) is 2.83.